The monoisotopic (exact) mass is 217 g/mol. The average Bonchev–Trinajstić information content (AvgIpc) is 2.24. The van der Waals surface area contributed by atoms with E-state index in [1.807, 2.05) is 18.5 Å². The van der Waals surface area contributed by atoms with Gasteiger partial charge in [-0.15, -0.1) is 6.58 Å². The van der Waals surface area contributed by atoms with E-state index in [0.717, 1.165) is 31.9 Å². The van der Waals surface area contributed by atoms with Crippen LogP contribution in [0.2, 0.25) is 0 Å². The van der Waals surface area contributed by atoms with Crippen molar-refractivity contribution in [2.24, 2.45) is 5.41 Å². The van der Waals surface area contributed by atoms with Gasteiger partial charge in [0.05, 0.1) is 0 Å². The van der Waals surface area contributed by atoms with Crippen LogP contribution in [0.5, 0.6) is 0 Å². The van der Waals surface area contributed by atoms with Gasteiger partial charge in [0, 0.05) is 25.5 Å². The first-order valence-electron chi connectivity index (χ1n) is 5.77. The van der Waals surface area contributed by atoms with E-state index >= 15 is 0 Å². The SMILES string of the molecule is C=CCCc1cnc(N2CC(C)(C)C2)nc1. The van der Waals surface area contributed by atoms with Crippen molar-refractivity contribution in [2.45, 2.75) is 26.7 Å². The minimum atomic E-state index is 0.421. The second kappa shape index (κ2) is 4.24. The third kappa shape index (κ3) is 2.40. The molecule has 2 heterocycles. The number of hydrogen-bond donors (Lipinski definition) is 0. The van der Waals surface area contributed by atoms with E-state index in [4.69, 9.17) is 0 Å². The smallest absolute Gasteiger partial charge is 0.225 e. The number of aryl methyl sites for hydroxylation is 1. The first-order valence-corrected chi connectivity index (χ1v) is 5.77. The van der Waals surface area contributed by atoms with E-state index in [1.54, 1.807) is 0 Å². The summed E-state index contributed by atoms with van der Waals surface area (Å²) in [6, 6.07) is 0. The molecule has 1 aromatic rings. The van der Waals surface area contributed by atoms with Crippen LogP contribution in [0, 0.1) is 5.41 Å². The molecule has 86 valence electrons. The van der Waals surface area contributed by atoms with E-state index in [9.17, 15) is 0 Å². The lowest BCUT2D eigenvalue weighted by molar-refractivity contribution is 0.272. The third-order valence-electron chi connectivity index (χ3n) is 2.85. The summed E-state index contributed by atoms with van der Waals surface area (Å²) in [6.07, 6.45) is 7.74. The second-order valence-corrected chi connectivity index (χ2v) is 5.24. The van der Waals surface area contributed by atoms with Gasteiger partial charge < -0.3 is 4.90 Å². The number of hydrogen-bond acceptors (Lipinski definition) is 3. The van der Waals surface area contributed by atoms with Crippen molar-refractivity contribution in [3.63, 3.8) is 0 Å². The van der Waals surface area contributed by atoms with E-state index in [0.29, 0.717) is 5.41 Å². The molecule has 1 saturated heterocycles. The molecule has 0 aliphatic carbocycles. The molecule has 0 amide bonds. The summed E-state index contributed by atoms with van der Waals surface area (Å²) in [7, 11) is 0. The molecule has 3 heteroatoms. The van der Waals surface area contributed by atoms with Gasteiger partial charge in [-0.1, -0.05) is 19.9 Å². The van der Waals surface area contributed by atoms with Gasteiger partial charge >= 0.3 is 0 Å². The fourth-order valence-electron chi connectivity index (χ4n) is 2.04. The predicted octanol–water partition coefficient (Wildman–Crippen LogP) is 2.44. The third-order valence-corrected chi connectivity index (χ3v) is 2.85. The van der Waals surface area contributed by atoms with Gasteiger partial charge in [0.1, 0.15) is 0 Å². The molecular formula is C13H19N3. The summed E-state index contributed by atoms with van der Waals surface area (Å²) in [5.74, 6) is 0.863. The summed E-state index contributed by atoms with van der Waals surface area (Å²) >= 11 is 0. The number of anilines is 1. The van der Waals surface area contributed by atoms with Crippen LogP contribution in [0.25, 0.3) is 0 Å². The molecule has 2 rings (SSSR count). The van der Waals surface area contributed by atoms with Crippen LogP contribution in [0.1, 0.15) is 25.8 Å². The van der Waals surface area contributed by atoms with Gasteiger partial charge in [-0.25, -0.2) is 9.97 Å². The molecule has 0 aromatic carbocycles. The van der Waals surface area contributed by atoms with Crippen LogP contribution in [0.15, 0.2) is 25.0 Å². The van der Waals surface area contributed by atoms with E-state index in [-0.39, 0.29) is 0 Å². The molecule has 16 heavy (non-hydrogen) atoms. The molecule has 0 N–H and O–H groups in total. The quantitative estimate of drug-likeness (QED) is 0.725. The Labute approximate surface area is 97.2 Å². The number of nitrogens with zero attached hydrogens (tertiary/aromatic N) is 3. The normalized spacial score (nSPS) is 18.0. The van der Waals surface area contributed by atoms with Crippen molar-refractivity contribution >= 4 is 5.95 Å². The predicted molar refractivity (Wildman–Crippen MR) is 66.5 cm³/mol. The number of rotatable bonds is 4. The zero-order chi connectivity index (χ0) is 11.6. The van der Waals surface area contributed by atoms with Crippen molar-refractivity contribution in [1.82, 2.24) is 9.97 Å². The highest BCUT2D eigenvalue weighted by Crippen LogP contribution is 2.31. The Bertz CT molecular complexity index is 359. The lowest BCUT2D eigenvalue weighted by Gasteiger charge is -2.45. The van der Waals surface area contributed by atoms with Crippen LogP contribution >= 0.6 is 0 Å². The minimum Gasteiger partial charge on any atom is -0.340 e. The van der Waals surface area contributed by atoms with E-state index in [1.165, 1.54) is 5.56 Å². The zero-order valence-electron chi connectivity index (χ0n) is 10.1. The van der Waals surface area contributed by atoms with Gasteiger partial charge in [0.25, 0.3) is 0 Å². The maximum absolute atomic E-state index is 4.40. The molecule has 1 fully saturated rings. The van der Waals surface area contributed by atoms with E-state index in [2.05, 4.69) is 35.3 Å². The summed E-state index contributed by atoms with van der Waals surface area (Å²) < 4.78 is 0. The Hall–Kier alpha value is -1.38. The first-order chi connectivity index (χ1) is 7.61. The zero-order valence-corrected chi connectivity index (χ0v) is 10.1. The molecular weight excluding hydrogens is 198 g/mol. The molecule has 0 unspecified atom stereocenters. The maximum atomic E-state index is 4.40. The molecule has 1 aliphatic rings. The summed E-state index contributed by atoms with van der Waals surface area (Å²) in [4.78, 5) is 11.0. The van der Waals surface area contributed by atoms with E-state index < -0.39 is 0 Å². The van der Waals surface area contributed by atoms with Gasteiger partial charge in [-0.2, -0.15) is 0 Å². The average molecular weight is 217 g/mol. The summed E-state index contributed by atoms with van der Waals surface area (Å²) in [5, 5.41) is 0. The maximum Gasteiger partial charge on any atom is 0.225 e. The molecule has 0 atom stereocenters. The van der Waals surface area contributed by atoms with Crippen LogP contribution < -0.4 is 4.90 Å². The van der Waals surface area contributed by atoms with Crippen molar-refractivity contribution in [3.05, 3.63) is 30.6 Å². The largest absolute Gasteiger partial charge is 0.340 e. The highest BCUT2D eigenvalue weighted by atomic mass is 15.3. The van der Waals surface area contributed by atoms with Crippen LogP contribution in [0.4, 0.5) is 5.95 Å². The Morgan fingerprint density at radius 2 is 2.00 bits per heavy atom. The highest BCUT2D eigenvalue weighted by molar-refractivity contribution is 5.35. The Morgan fingerprint density at radius 1 is 1.38 bits per heavy atom. The Balaban J connectivity index is 1.95. The van der Waals surface area contributed by atoms with Crippen molar-refractivity contribution in [2.75, 3.05) is 18.0 Å². The summed E-state index contributed by atoms with van der Waals surface area (Å²) in [5.41, 5.74) is 1.61. The minimum absolute atomic E-state index is 0.421. The van der Waals surface area contributed by atoms with Crippen LogP contribution in [-0.2, 0) is 6.42 Å². The van der Waals surface area contributed by atoms with Crippen molar-refractivity contribution < 1.29 is 0 Å². The van der Waals surface area contributed by atoms with Crippen molar-refractivity contribution in [3.8, 4) is 0 Å². The van der Waals surface area contributed by atoms with Crippen LogP contribution in [-0.4, -0.2) is 23.1 Å². The molecule has 0 saturated carbocycles. The van der Waals surface area contributed by atoms with Gasteiger partial charge in [0.2, 0.25) is 5.95 Å². The standard InChI is InChI=1S/C13H19N3/c1-4-5-6-11-7-14-12(15-8-11)16-9-13(2,3)10-16/h4,7-8H,1,5-6,9-10H2,2-3H3. The second-order valence-electron chi connectivity index (χ2n) is 5.24. The topological polar surface area (TPSA) is 29.0 Å². The Morgan fingerprint density at radius 3 is 2.50 bits per heavy atom. The highest BCUT2D eigenvalue weighted by Gasteiger charge is 2.35. The molecule has 0 radical (unpaired) electrons. The van der Waals surface area contributed by atoms with Gasteiger partial charge in [0.15, 0.2) is 0 Å². The van der Waals surface area contributed by atoms with Crippen molar-refractivity contribution in [1.29, 1.82) is 0 Å². The van der Waals surface area contributed by atoms with Crippen LogP contribution in [0.3, 0.4) is 0 Å². The number of aromatic nitrogens is 2. The molecule has 1 aromatic heterocycles. The molecule has 3 nitrogen and oxygen atoms in total. The fraction of sp³-hybridized carbons (Fsp3) is 0.538. The molecule has 0 bridgehead atoms. The summed E-state index contributed by atoms with van der Waals surface area (Å²) in [6.45, 7) is 10.4. The first kappa shape index (κ1) is 11.1. The Kier molecular flexibility index (Phi) is 2.95. The lowest BCUT2D eigenvalue weighted by atomic mass is 9.85. The fourth-order valence-corrected chi connectivity index (χ4v) is 2.04. The lowest BCUT2D eigenvalue weighted by Crippen LogP contribution is -2.53. The number of allylic oxidation sites excluding steroid dienone is 1. The molecule has 1 aliphatic heterocycles. The van der Waals surface area contributed by atoms with Gasteiger partial charge in [-0.3, -0.25) is 0 Å². The van der Waals surface area contributed by atoms with Gasteiger partial charge in [-0.05, 0) is 23.8 Å². The molecule has 0 spiro atoms.